The minimum atomic E-state index is -0.755. The number of unbranched alkanes of at least 4 members (excludes halogenated alkanes) is 9. The van der Waals surface area contributed by atoms with Gasteiger partial charge in [0.1, 0.15) is 4.48 Å². The van der Waals surface area contributed by atoms with Crippen LogP contribution in [0.5, 0.6) is 0 Å². The SMILES string of the molecule is CCCCCCCCCCCCC(O)C1=C(Br)C(=O)OC1OC. The van der Waals surface area contributed by atoms with Crippen molar-refractivity contribution in [3.8, 4) is 0 Å². The first kappa shape index (κ1) is 20.7. The van der Waals surface area contributed by atoms with Crippen molar-refractivity contribution in [1.29, 1.82) is 0 Å². The predicted octanol–water partition coefficient (Wildman–Crippen LogP) is 4.84. The van der Waals surface area contributed by atoms with E-state index >= 15 is 0 Å². The molecule has 0 saturated carbocycles. The monoisotopic (exact) mass is 390 g/mol. The second kappa shape index (κ2) is 12.0. The van der Waals surface area contributed by atoms with Crippen LogP contribution in [0, 0.1) is 0 Å². The highest BCUT2D eigenvalue weighted by atomic mass is 79.9. The minimum Gasteiger partial charge on any atom is -0.427 e. The third-order valence-electron chi connectivity index (χ3n) is 4.30. The summed E-state index contributed by atoms with van der Waals surface area (Å²) in [7, 11) is 1.47. The molecule has 4 nitrogen and oxygen atoms in total. The molecular formula is C18H31BrO4. The number of esters is 1. The standard InChI is InChI=1S/C18H31BrO4/c1-3-4-5-6-7-8-9-10-11-12-13-14(20)15-16(19)17(21)23-18(15)22-2/h14,18,20H,3-13H2,1-2H3. The fourth-order valence-electron chi connectivity index (χ4n) is 2.89. The normalized spacial score (nSPS) is 19.3. The molecule has 0 spiro atoms. The van der Waals surface area contributed by atoms with E-state index in [0.717, 1.165) is 12.8 Å². The molecule has 0 saturated heterocycles. The van der Waals surface area contributed by atoms with E-state index in [9.17, 15) is 9.90 Å². The van der Waals surface area contributed by atoms with Crippen LogP contribution < -0.4 is 0 Å². The predicted molar refractivity (Wildman–Crippen MR) is 95.3 cm³/mol. The topological polar surface area (TPSA) is 55.8 Å². The zero-order chi connectivity index (χ0) is 17.1. The van der Waals surface area contributed by atoms with E-state index in [1.165, 1.54) is 58.5 Å². The molecule has 0 aromatic heterocycles. The molecule has 2 atom stereocenters. The second-order valence-corrected chi connectivity index (χ2v) is 7.02. The summed E-state index contributed by atoms with van der Waals surface area (Å²) < 4.78 is 10.4. The quantitative estimate of drug-likeness (QED) is 0.361. The Bertz CT molecular complexity index is 381. The highest BCUT2D eigenvalue weighted by molar-refractivity contribution is 9.12. The molecule has 1 rings (SSSR count). The van der Waals surface area contributed by atoms with E-state index in [1.54, 1.807) is 0 Å². The number of carbonyl (C=O) groups is 1. The number of hydrogen-bond acceptors (Lipinski definition) is 4. The number of halogens is 1. The lowest BCUT2D eigenvalue weighted by atomic mass is 10.0. The van der Waals surface area contributed by atoms with Crippen molar-refractivity contribution in [2.24, 2.45) is 0 Å². The molecule has 1 aliphatic heterocycles. The molecule has 0 amide bonds. The number of carbonyl (C=O) groups excluding carboxylic acids is 1. The van der Waals surface area contributed by atoms with Gasteiger partial charge in [-0.25, -0.2) is 4.79 Å². The van der Waals surface area contributed by atoms with Gasteiger partial charge in [0, 0.05) is 12.7 Å². The maximum absolute atomic E-state index is 11.5. The average molecular weight is 391 g/mol. The molecule has 1 N–H and O–H groups in total. The Kier molecular flexibility index (Phi) is 10.8. The maximum Gasteiger partial charge on any atom is 0.348 e. The third kappa shape index (κ3) is 7.36. The largest absolute Gasteiger partial charge is 0.427 e. The van der Waals surface area contributed by atoms with Crippen LogP contribution in [0.4, 0.5) is 0 Å². The molecule has 0 aliphatic carbocycles. The lowest BCUT2D eigenvalue weighted by Gasteiger charge is -2.17. The first-order valence-corrected chi connectivity index (χ1v) is 9.72. The molecule has 2 unspecified atom stereocenters. The van der Waals surface area contributed by atoms with Crippen LogP contribution in [0.1, 0.15) is 77.6 Å². The van der Waals surface area contributed by atoms with Crippen LogP contribution in [0.25, 0.3) is 0 Å². The smallest absolute Gasteiger partial charge is 0.348 e. The highest BCUT2D eigenvalue weighted by Gasteiger charge is 2.36. The van der Waals surface area contributed by atoms with Crippen molar-refractivity contribution in [3.05, 3.63) is 10.1 Å². The summed E-state index contributed by atoms with van der Waals surface area (Å²) >= 11 is 3.19. The summed E-state index contributed by atoms with van der Waals surface area (Å²) in [6.07, 6.45) is 11.8. The number of aliphatic hydroxyl groups is 1. The van der Waals surface area contributed by atoms with E-state index in [2.05, 4.69) is 22.9 Å². The van der Waals surface area contributed by atoms with Gasteiger partial charge < -0.3 is 14.6 Å². The number of rotatable bonds is 13. The molecule has 1 heterocycles. The molecule has 0 aromatic carbocycles. The Morgan fingerprint density at radius 3 is 2.13 bits per heavy atom. The second-order valence-electron chi connectivity index (χ2n) is 6.23. The molecule has 1 aliphatic rings. The molecule has 134 valence electrons. The van der Waals surface area contributed by atoms with E-state index < -0.39 is 18.4 Å². The van der Waals surface area contributed by atoms with Crippen molar-refractivity contribution in [1.82, 2.24) is 0 Å². The van der Waals surface area contributed by atoms with Gasteiger partial charge in [-0.2, -0.15) is 0 Å². The van der Waals surface area contributed by atoms with E-state index in [0.29, 0.717) is 16.5 Å². The Labute approximate surface area is 148 Å². The van der Waals surface area contributed by atoms with Gasteiger partial charge in [0.25, 0.3) is 0 Å². The zero-order valence-corrected chi connectivity index (χ0v) is 16.1. The molecule has 0 aromatic rings. The Morgan fingerprint density at radius 1 is 1.09 bits per heavy atom. The number of aliphatic hydroxyl groups excluding tert-OH is 1. The first-order valence-electron chi connectivity index (χ1n) is 8.93. The van der Waals surface area contributed by atoms with Gasteiger partial charge in [0.2, 0.25) is 6.29 Å². The summed E-state index contributed by atoms with van der Waals surface area (Å²) in [5, 5.41) is 10.3. The number of cyclic esters (lactones) is 1. The molecule has 5 heteroatoms. The fourth-order valence-corrected chi connectivity index (χ4v) is 3.44. The van der Waals surface area contributed by atoms with Gasteiger partial charge in [-0.3, -0.25) is 0 Å². The van der Waals surface area contributed by atoms with Crippen LogP contribution >= 0.6 is 15.9 Å². The van der Waals surface area contributed by atoms with Crippen LogP contribution in [0.3, 0.4) is 0 Å². The summed E-state index contributed by atoms with van der Waals surface area (Å²) in [5.74, 6) is -0.464. The van der Waals surface area contributed by atoms with Crippen LogP contribution in [-0.2, 0) is 14.3 Å². The van der Waals surface area contributed by atoms with Gasteiger partial charge in [-0.1, -0.05) is 71.1 Å². The Morgan fingerprint density at radius 2 is 1.61 bits per heavy atom. The van der Waals surface area contributed by atoms with Crippen LogP contribution in [0.2, 0.25) is 0 Å². The van der Waals surface area contributed by atoms with Gasteiger partial charge in [0.15, 0.2) is 0 Å². The first-order chi connectivity index (χ1) is 11.1. The summed E-state index contributed by atoms with van der Waals surface area (Å²) in [4.78, 5) is 11.5. The Balaban J connectivity index is 2.10. The molecule has 0 bridgehead atoms. The maximum atomic E-state index is 11.5. The highest BCUT2D eigenvalue weighted by Crippen LogP contribution is 2.31. The number of ether oxygens (including phenoxy) is 2. The van der Waals surface area contributed by atoms with Gasteiger partial charge in [-0.15, -0.1) is 0 Å². The van der Waals surface area contributed by atoms with Crippen molar-refractivity contribution >= 4 is 21.9 Å². The van der Waals surface area contributed by atoms with E-state index in [1.807, 2.05) is 0 Å². The molecular weight excluding hydrogens is 360 g/mol. The van der Waals surface area contributed by atoms with Crippen molar-refractivity contribution < 1.29 is 19.4 Å². The summed E-state index contributed by atoms with van der Waals surface area (Å²) in [5.41, 5.74) is 0.522. The van der Waals surface area contributed by atoms with Crippen molar-refractivity contribution in [3.63, 3.8) is 0 Å². The summed E-state index contributed by atoms with van der Waals surface area (Å²) in [6, 6.07) is 0. The molecule has 0 radical (unpaired) electrons. The van der Waals surface area contributed by atoms with Gasteiger partial charge >= 0.3 is 5.97 Å². The fraction of sp³-hybridized carbons (Fsp3) is 0.833. The van der Waals surface area contributed by atoms with Crippen LogP contribution in [-0.4, -0.2) is 30.6 Å². The van der Waals surface area contributed by atoms with Crippen LogP contribution in [0.15, 0.2) is 10.1 Å². The summed E-state index contributed by atoms with van der Waals surface area (Å²) in [6.45, 7) is 2.24. The number of hydrogen-bond donors (Lipinski definition) is 1. The average Bonchev–Trinajstić information content (AvgIpc) is 2.84. The zero-order valence-electron chi connectivity index (χ0n) is 14.5. The number of methoxy groups -OCH3 is 1. The van der Waals surface area contributed by atoms with E-state index in [4.69, 9.17) is 9.47 Å². The molecule has 23 heavy (non-hydrogen) atoms. The van der Waals surface area contributed by atoms with E-state index in [-0.39, 0.29) is 0 Å². The molecule has 0 fully saturated rings. The lowest BCUT2D eigenvalue weighted by Crippen LogP contribution is -2.22. The van der Waals surface area contributed by atoms with Crippen molar-refractivity contribution in [2.45, 2.75) is 89.9 Å². The van der Waals surface area contributed by atoms with Gasteiger partial charge in [0.05, 0.1) is 6.10 Å². The lowest BCUT2D eigenvalue weighted by molar-refractivity contribution is -0.156. The minimum absolute atomic E-state index is 0.309. The van der Waals surface area contributed by atoms with Crippen molar-refractivity contribution in [2.75, 3.05) is 7.11 Å². The van der Waals surface area contributed by atoms with Gasteiger partial charge in [-0.05, 0) is 22.4 Å². The Hall–Kier alpha value is -0.390. The third-order valence-corrected chi connectivity index (χ3v) is 5.09.